The van der Waals surface area contributed by atoms with Crippen LogP contribution in [0.1, 0.15) is 81.0 Å². The van der Waals surface area contributed by atoms with Gasteiger partial charge in [-0.05, 0) is 57.8 Å². The van der Waals surface area contributed by atoms with Gasteiger partial charge in [0, 0.05) is 36.5 Å². The molecular weight excluding hydrogens is 330 g/mol. The lowest BCUT2D eigenvalue weighted by Crippen LogP contribution is -2.52. The van der Waals surface area contributed by atoms with Crippen LogP contribution in [0.25, 0.3) is 0 Å². The molecule has 0 aromatic carbocycles. The van der Waals surface area contributed by atoms with E-state index in [1.807, 2.05) is 4.90 Å². The highest BCUT2D eigenvalue weighted by atomic mass is 16.5. The molecule has 26 heavy (non-hydrogen) atoms. The molecule has 4 atom stereocenters. The number of likely N-dealkylation sites (tertiary alicyclic amines) is 1. The highest BCUT2D eigenvalue weighted by Gasteiger charge is 2.36. The Kier molecular flexibility index (Phi) is 4.76. The quantitative estimate of drug-likeness (QED) is 0.896. The zero-order valence-electron chi connectivity index (χ0n) is 15.7. The van der Waals surface area contributed by atoms with Crippen LogP contribution in [0.2, 0.25) is 0 Å². The molecule has 2 heterocycles. The predicted octanol–water partition coefficient (Wildman–Crippen LogP) is 3.10. The van der Waals surface area contributed by atoms with Crippen molar-refractivity contribution >= 4 is 11.8 Å². The van der Waals surface area contributed by atoms with Crippen molar-refractivity contribution in [2.45, 2.75) is 76.8 Å². The molecule has 2 amide bonds. The monoisotopic (exact) mass is 359 g/mol. The Morgan fingerprint density at radius 2 is 1.96 bits per heavy atom. The van der Waals surface area contributed by atoms with Gasteiger partial charge < -0.3 is 14.7 Å². The first kappa shape index (κ1) is 17.6. The minimum atomic E-state index is -0.165. The SMILES string of the molecule is C[C@@H]1CC[C@@H](C(=O)N2CCC(NC(=O)c3cc(C4CC4)on3)C[C@@H]2C)C1. The number of carbonyl (C=O) groups is 2. The average molecular weight is 359 g/mol. The van der Waals surface area contributed by atoms with Gasteiger partial charge in [-0.3, -0.25) is 9.59 Å². The van der Waals surface area contributed by atoms with E-state index in [0.29, 0.717) is 23.4 Å². The fourth-order valence-electron chi connectivity index (χ4n) is 4.51. The number of piperidine rings is 1. The molecule has 1 aromatic heterocycles. The maximum atomic E-state index is 12.8. The summed E-state index contributed by atoms with van der Waals surface area (Å²) in [5, 5.41) is 6.99. The van der Waals surface area contributed by atoms with Crippen LogP contribution in [0.3, 0.4) is 0 Å². The van der Waals surface area contributed by atoms with E-state index in [4.69, 9.17) is 4.52 Å². The summed E-state index contributed by atoms with van der Waals surface area (Å²) >= 11 is 0. The summed E-state index contributed by atoms with van der Waals surface area (Å²) < 4.78 is 5.27. The van der Waals surface area contributed by atoms with E-state index in [1.54, 1.807) is 6.07 Å². The first-order valence-corrected chi connectivity index (χ1v) is 10.1. The number of rotatable bonds is 4. The van der Waals surface area contributed by atoms with Gasteiger partial charge in [0.15, 0.2) is 5.69 Å². The molecule has 142 valence electrons. The van der Waals surface area contributed by atoms with Crippen LogP contribution in [-0.4, -0.2) is 40.5 Å². The van der Waals surface area contributed by atoms with Crippen molar-refractivity contribution in [2.24, 2.45) is 11.8 Å². The number of aromatic nitrogens is 1. The van der Waals surface area contributed by atoms with Gasteiger partial charge in [-0.2, -0.15) is 0 Å². The molecule has 3 aliphatic rings. The van der Waals surface area contributed by atoms with Gasteiger partial charge in [-0.15, -0.1) is 0 Å². The maximum Gasteiger partial charge on any atom is 0.273 e. The van der Waals surface area contributed by atoms with E-state index < -0.39 is 0 Å². The molecule has 2 aliphatic carbocycles. The normalized spacial score (nSPS) is 31.8. The number of nitrogens with zero attached hydrogens (tertiary/aromatic N) is 2. The third-order valence-electron chi connectivity index (χ3n) is 6.28. The smallest absolute Gasteiger partial charge is 0.273 e. The molecule has 1 saturated heterocycles. The number of amides is 2. The molecular formula is C20H29N3O3. The summed E-state index contributed by atoms with van der Waals surface area (Å²) in [7, 11) is 0. The largest absolute Gasteiger partial charge is 0.360 e. The van der Waals surface area contributed by atoms with Crippen molar-refractivity contribution in [2.75, 3.05) is 6.54 Å². The van der Waals surface area contributed by atoms with Crippen LogP contribution in [0.5, 0.6) is 0 Å². The van der Waals surface area contributed by atoms with Crippen LogP contribution in [0, 0.1) is 11.8 Å². The average Bonchev–Trinajstić information content (AvgIpc) is 3.17. The molecule has 1 unspecified atom stereocenters. The predicted molar refractivity (Wildman–Crippen MR) is 96.6 cm³/mol. The topological polar surface area (TPSA) is 75.4 Å². The van der Waals surface area contributed by atoms with Gasteiger partial charge in [0.05, 0.1) is 0 Å². The van der Waals surface area contributed by atoms with Crippen molar-refractivity contribution in [3.05, 3.63) is 17.5 Å². The van der Waals surface area contributed by atoms with Gasteiger partial charge in [0.2, 0.25) is 5.91 Å². The van der Waals surface area contributed by atoms with Crippen molar-refractivity contribution < 1.29 is 14.1 Å². The zero-order chi connectivity index (χ0) is 18.3. The lowest BCUT2D eigenvalue weighted by Gasteiger charge is -2.39. The third-order valence-corrected chi connectivity index (χ3v) is 6.28. The van der Waals surface area contributed by atoms with E-state index >= 15 is 0 Å². The third kappa shape index (κ3) is 3.64. The minimum absolute atomic E-state index is 0.0881. The summed E-state index contributed by atoms with van der Waals surface area (Å²) in [6.07, 6.45) is 7.07. The second kappa shape index (κ2) is 7.05. The highest BCUT2D eigenvalue weighted by molar-refractivity contribution is 5.92. The molecule has 1 aromatic rings. The van der Waals surface area contributed by atoms with Crippen LogP contribution >= 0.6 is 0 Å². The summed E-state index contributed by atoms with van der Waals surface area (Å²) in [6.45, 7) is 5.05. The molecule has 4 rings (SSSR count). The lowest BCUT2D eigenvalue weighted by molar-refractivity contribution is -0.139. The van der Waals surface area contributed by atoms with E-state index in [2.05, 4.69) is 24.3 Å². The van der Waals surface area contributed by atoms with Crippen LogP contribution in [0.15, 0.2) is 10.6 Å². The Labute approximate surface area is 154 Å². The molecule has 3 fully saturated rings. The van der Waals surface area contributed by atoms with E-state index in [-0.39, 0.29) is 23.9 Å². The zero-order valence-corrected chi connectivity index (χ0v) is 15.7. The number of hydrogen-bond donors (Lipinski definition) is 1. The van der Waals surface area contributed by atoms with Gasteiger partial charge in [0.1, 0.15) is 5.76 Å². The van der Waals surface area contributed by atoms with Crippen molar-refractivity contribution in [1.82, 2.24) is 15.4 Å². The molecule has 6 nitrogen and oxygen atoms in total. The Balaban J connectivity index is 1.30. The van der Waals surface area contributed by atoms with Crippen LogP contribution in [0.4, 0.5) is 0 Å². The molecule has 6 heteroatoms. The fraction of sp³-hybridized carbons (Fsp3) is 0.750. The molecule has 0 radical (unpaired) electrons. The van der Waals surface area contributed by atoms with E-state index in [0.717, 1.165) is 57.3 Å². The fourth-order valence-corrected chi connectivity index (χ4v) is 4.51. The maximum absolute atomic E-state index is 12.8. The van der Waals surface area contributed by atoms with Gasteiger partial charge in [-0.1, -0.05) is 12.1 Å². The van der Waals surface area contributed by atoms with Crippen molar-refractivity contribution in [3.63, 3.8) is 0 Å². The summed E-state index contributed by atoms with van der Waals surface area (Å²) in [6, 6.07) is 2.03. The number of hydrogen-bond acceptors (Lipinski definition) is 4. The summed E-state index contributed by atoms with van der Waals surface area (Å²) in [5.74, 6) is 2.31. The molecule has 1 aliphatic heterocycles. The molecule has 0 spiro atoms. The van der Waals surface area contributed by atoms with Gasteiger partial charge in [0.25, 0.3) is 5.91 Å². The summed E-state index contributed by atoms with van der Waals surface area (Å²) in [5.41, 5.74) is 0.373. The first-order chi connectivity index (χ1) is 12.5. The minimum Gasteiger partial charge on any atom is -0.360 e. The van der Waals surface area contributed by atoms with Crippen LogP contribution in [-0.2, 0) is 4.79 Å². The number of nitrogens with one attached hydrogen (secondary N) is 1. The standard InChI is InChI=1S/C20H29N3O3/c1-12-3-4-15(9-12)20(25)23-8-7-16(10-13(23)2)21-19(24)17-11-18(26-22-17)14-5-6-14/h11-16H,3-10H2,1-2H3,(H,21,24)/t12-,13+,15-,16?/m1/s1. The molecule has 1 N–H and O–H groups in total. The highest BCUT2D eigenvalue weighted by Crippen LogP contribution is 2.40. The van der Waals surface area contributed by atoms with Gasteiger partial charge in [-0.25, -0.2) is 0 Å². The molecule has 2 saturated carbocycles. The van der Waals surface area contributed by atoms with Crippen LogP contribution < -0.4 is 5.32 Å². The Morgan fingerprint density at radius 3 is 2.62 bits per heavy atom. The van der Waals surface area contributed by atoms with E-state index in [1.165, 1.54) is 0 Å². The van der Waals surface area contributed by atoms with Gasteiger partial charge >= 0.3 is 0 Å². The Morgan fingerprint density at radius 1 is 1.15 bits per heavy atom. The first-order valence-electron chi connectivity index (χ1n) is 10.1. The summed E-state index contributed by atoms with van der Waals surface area (Å²) in [4.78, 5) is 27.3. The Bertz CT molecular complexity index is 682. The number of carbonyl (C=O) groups excluding carboxylic acids is 2. The Hall–Kier alpha value is -1.85. The van der Waals surface area contributed by atoms with E-state index in [9.17, 15) is 9.59 Å². The van der Waals surface area contributed by atoms with Crippen molar-refractivity contribution in [3.8, 4) is 0 Å². The second-order valence-corrected chi connectivity index (χ2v) is 8.58. The van der Waals surface area contributed by atoms with Crippen molar-refractivity contribution in [1.29, 1.82) is 0 Å². The molecule has 0 bridgehead atoms. The lowest BCUT2D eigenvalue weighted by atomic mass is 9.95. The second-order valence-electron chi connectivity index (χ2n) is 8.58.